The van der Waals surface area contributed by atoms with E-state index < -0.39 is 6.04 Å². The first-order valence-electron chi connectivity index (χ1n) is 5.78. The quantitative estimate of drug-likeness (QED) is 0.881. The third-order valence-corrected chi connectivity index (χ3v) is 2.70. The summed E-state index contributed by atoms with van der Waals surface area (Å²) in [6, 6.07) is -0.204. The standard InChI is InChI=1S/C12H17N5O/c1-8(2)17-12(10(18-3)7-16-17)11(13)9-6-14-4-5-15-9/h4-8,11H,13H2,1-3H3. The highest BCUT2D eigenvalue weighted by Gasteiger charge is 2.22. The maximum atomic E-state index is 6.23. The molecule has 2 N–H and O–H groups in total. The van der Waals surface area contributed by atoms with Crippen LogP contribution in [-0.2, 0) is 0 Å². The van der Waals surface area contributed by atoms with Crippen molar-refractivity contribution in [1.29, 1.82) is 0 Å². The Hall–Kier alpha value is -1.95. The Balaban J connectivity index is 2.46. The number of aromatic nitrogens is 4. The maximum absolute atomic E-state index is 6.23. The van der Waals surface area contributed by atoms with Crippen molar-refractivity contribution >= 4 is 0 Å². The van der Waals surface area contributed by atoms with Crippen molar-refractivity contribution in [2.45, 2.75) is 25.9 Å². The van der Waals surface area contributed by atoms with E-state index in [0.29, 0.717) is 11.4 Å². The highest BCUT2D eigenvalue weighted by Crippen LogP contribution is 2.28. The number of methoxy groups -OCH3 is 1. The number of hydrogen-bond acceptors (Lipinski definition) is 5. The molecule has 1 atom stereocenters. The van der Waals surface area contributed by atoms with E-state index in [9.17, 15) is 0 Å². The highest BCUT2D eigenvalue weighted by molar-refractivity contribution is 5.33. The molecule has 0 aliphatic heterocycles. The lowest BCUT2D eigenvalue weighted by molar-refractivity contribution is 0.400. The third-order valence-electron chi connectivity index (χ3n) is 2.70. The predicted molar refractivity (Wildman–Crippen MR) is 67.2 cm³/mol. The molecule has 6 heteroatoms. The van der Waals surface area contributed by atoms with Gasteiger partial charge < -0.3 is 10.5 Å². The Bertz CT molecular complexity index is 508. The fourth-order valence-electron chi connectivity index (χ4n) is 1.83. The average molecular weight is 247 g/mol. The first-order chi connectivity index (χ1) is 8.65. The summed E-state index contributed by atoms with van der Waals surface area (Å²) in [7, 11) is 1.61. The molecule has 2 heterocycles. The van der Waals surface area contributed by atoms with Crippen molar-refractivity contribution in [3.05, 3.63) is 36.2 Å². The number of hydrogen-bond donors (Lipinski definition) is 1. The van der Waals surface area contributed by atoms with Crippen LogP contribution < -0.4 is 10.5 Å². The van der Waals surface area contributed by atoms with Crippen LogP contribution in [-0.4, -0.2) is 26.9 Å². The predicted octanol–water partition coefficient (Wildman–Crippen LogP) is 1.31. The molecule has 2 rings (SSSR count). The van der Waals surface area contributed by atoms with Gasteiger partial charge in [0.2, 0.25) is 0 Å². The van der Waals surface area contributed by atoms with Gasteiger partial charge in [-0.3, -0.25) is 14.6 Å². The van der Waals surface area contributed by atoms with Crippen LogP contribution in [0, 0.1) is 0 Å². The van der Waals surface area contributed by atoms with Gasteiger partial charge >= 0.3 is 0 Å². The first-order valence-corrected chi connectivity index (χ1v) is 5.78. The summed E-state index contributed by atoms with van der Waals surface area (Å²) in [6.45, 7) is 4.08. The van der Waals surface area contributed by atoms with Crippen LogP contribution in [0.15, 0.2) is 24.8 Å². The number of nitrogens with zero attached hydrogens (tertiary/aromatic N) is 4. The summed E-state index contributed by atoms with van der Waals surface area (Å²) < 4.78 is 7.15. The van der Waals surface area contributed by atoms with E-state index in [2.05, 4.69) is 15.1 Å². The lowest BCUT2D eigenvalue weighted by Gasteiger charge is -2.17. The monoisotopic (exact) mass is 247 g/mol. The maximum Gasteiger partial charge on any atom is 0.161 e. The summed E-state index contributed by atoms with van der Waals surface area (Å²) in [4.78, 5) is 8.26. The molecule has 18 heavy (non-hydrogen) atoms. The summed E-state index contributed by atoms with van der Waals surface area (Å²) in [6.07, 6.45) is 6.57. The molecular formula is C12H17N5O. The molecule has 0 saturated carbocycles. The van der Waals surface area contributed by atoms with Crippen molar-refractivity contribution in [2.24, 2.45) is 5.73 Å². The second kappa shape index (κ2) is 5.14. The fraction of sp³-hybridized carbons (Fsp3) is 0.417. The zero-order valence-corrected chi connectivity index (χ0v) is 10.7. The summed E-state index contributed by atoms with van der Waals surface area (Å²) in [5.41, 5.74) is 7.74. The molecule has 2 aromatic heterocycles. The average Bonchev–Trinajstić information content (AvgIpc) is 2.82. The third kappa shape index (κ3) is 2.19. The Morgan fingerprint density at radius 2 is 2.06 bits per heavy atom. The topological polar surface area (TPSA) is 78.9 Å². The highest BCUT2D eigenvalue weighted by atomic mass is 16.5. The minimum absolute atomic E-state index is 0.201. The molecule has 0 amide bonds. The first kappa shape index (κ1) is 12.5. The Labute approximate surface area is 106 Å². The second-order valence-electron chi connectivity index (χ2n) is 4.24. The lowest BCUT2D eigenvalue weighted by atomic mass is 10.1. The van der Waals surface area contributed by atoms with E-state index in [-0.39, 0.29) is 6.04 Å². The van der Waals surface area contributed by atoms with Gasteiger partial charge in [-0.2, -0.15) is 5.10 Å². The molecule has 0 aromatic carbocycles. The van der Waals surface area contributed by atoms with Crippen molar-refractivity contribution in [3.63, 3.8) is 0 Å². The summed E-state index contributed by atoms with van der Waals surface area (Å²) in [5.74, 6) is 0.668. The van der Waals surface area contributed by atoms with Crippen LogP contribution in [0.5, 0.6) is 5.75 Å². The van der Waals surface area contributed by atoms with Gasteiger partial charge in [-0.05, 0) is 13.8 Å². The van der Waals surface area contributed by atoms with Crippen LogP contribution >= 0.6 is 0 Å². The molecule has 0 aliphatic rings. The smallest absolute Gasteiger partial charge is 0.161 e. The largest absolute Gasteiger partial charge is 0.493 e. The molecule has 0 fully saturated rings. The van der Waals surface area contributed by atoms with E-state index >= 15 is 0 Å². The van der Waals surface area contributed by atoms with Gasteiger partial charge in [0.1, 0.15) is 5.69 Å². The minimum Gasteiger partial charge on any atom is -0.493 e. The Morgan fingerprint density at radius 3 is 2.61 bits per heavy atom. The molecular weight excluding hydrogens is 230 g/mol. The van der Waals surface area contributed by atoms with Crippen LogP contribution in [0.3, 0.4) is 0 Å². The van der Waals surface area contributed by atoms with E-state index in [4.69, 9.17) is 10.5 Å². The molecule has 0 spiro atoms. The number of ether oxygens (including phenoxy) is 1. The van der Waals surface area contributed by atoms with Crippen LogP contribution in [0.2, 0.25) is 0 Å². The molecule has 0 aliphatic carbocycles. The molecule has 2 aromatic rings. The van der Waals surface area contributed by atoms with Crippen LogP contribution in [0.25, 0.3) is 0 Å². The van der Waals surface area contributed by atoms with Gasteiger partial charge in [0, 0.05) is 18.4 Å². The van der Waals surface area contributed by atoms with Crippen LogP contribution in [0.1, 0.15) is 37.3 Å². The SMILES string of the molecule is COc1cnn(C(C)C)c1C(N)c1cnccn1. The zero-order valence-electron chi connectivity index (χ0n) is 10.7. The van der Waals surface area contributed by atoms with E-state index in [1.807, 2.05) is 18.5 Å². The second-order valence-corrected chi connectivity index (χ2v) is 4.24. The van der Waals surface area contributed by atoms with Crippen molar-refractivity contribution in [1.82, 2.24) is 19.7 Å². The minimum atomic E-state index is -0.404. The van der Waals surface area contributed by atoms with Crippen molar-refractivity contribution in [2.75, 3.05) is 7.11 Å². The molecule has 1 unspecified atom stereocenters. The van der Waals surface area contributed by atoms with Crippen molar-refractivity contribution < 1.29 is 4.74 Å². The van der Waals surface area contributed by atoms with Gasteiger partial charge in [0.25, 0.3) is 0 Å². The Kier molecular flexibility index (Phi) is 3.57. The van der Waals surface area contributed by atoms with Gasteiger partial charge in [-0.25, -0.2) is 0 Å². The van der Waals surface area contributed by atoms with E-state index in [0.717, 1.165) is 5.69 Å². The Morgan fingerprint density at radius 1 is 1.28 bits per heavy atom. The van der Waals surface area contributed by atoms with E-state index in [1.54, 1.807) is 31.9 Å². The molecule has 0 saturated heterocycles. The normalized spacial score (nSPS) is 12.7. The number of rotatable bonds is 4. The van der Waals surface area contributed by atoms with E-state index in [1.165, 1.54) is 0 Å². The van der Waals surface area contributed by atoms with Crippen LogP contribution in [0.4, 0.5) is 0 Å². The van der Waals surface area contributed by atoms with Crippen molar-refractivity contribution in [3.8, 4) is 5.75 Å². The summed E-state index contributed by atoms with van der Waals surface area (Å²) in [5, 5.41) is 4.30. The molecule has 0 bridgehead atoms. The van der Waals surface area contributed by atoms with Gasteiger partial charge in [-0.15, -0.1) is 0 Å². The van der Waals surface area contributed by atoms with Gasteiger partial charge in [-0.1, -0.05) is 0 Å². The number of nitrogens with two attached hydrogens (primary N) is 1. The summed E-state index contributed by atoms with van der Waals surface area (Å²) >= 11 is 0. The molecule has 6 nitrogen and oxygen atoms in total. The lowest BCUT2D eigenvalue weighted by Crippen LogP contribution is -2.20. The fourth-order valence-corrected chi connectivity index (χ4v) is 1.83. The van der Waals surface area contributed by atoms with Gasteiger partial charge in [0.15, 0.2) is 5.75 Å². The molecule has 96 valence electrons. The molecule has 0 radical (unpaired) electrons. The zero-order chi connectivity index (χ0) is 13.1. The van der Waals surface area contributed by atoms with Gasteiger partial charge in [0.05, 0.1) is 31.2 Å².